The second-order valence-corrected chi connectivity index (χ2v) is 12.3. The van der Waals surface area contributed by atoms with Crippen LogP contribution in [0.2, 0.25) is 0 Å². The Morgan fingerprint density at radius 2 is 1.62 bits per heavy atom. The number of Topliss-reactive ketones (excluding diaryl/α,β-unsaturated/α-hetero) is 2. The lowest BCUT2D eigenvalue weighted by molar-refractivity contribution is -0.138. The van der Waals surface area contributed by atoms with Gasteiger partial charge >= 0.3 is 16.1 Å². The Kier molecular flexibility index (Phi) is 8.10. The smallest absolute Gasteiger partial charge is 0.339 e. The number of methoxy groups -OCH3 is 1. The number of benzene rings is 2. The lowest BCUT2D eigenvalue weighted by Gasteiger charge is -2.43. The molecule has 0 saturated carbocycles. The highest BCUT2D eigenvalue weighted by Crippen LogP contribution is 2.50. The van der Waals surface area contributed by atoms with Crippen LogP contribution in [0.3, 0.4) is 0 Å². The van der Waals surface area contributed by atoms with Gasteiger partial charge in [0.05, 0.1) is 7.11 Å². The van der Waals surface area contributed by atoms with Crippen molar-refractivity contribution in [2.24, 2.45) is 0 Å². The minimum absolute atomic E-state index is 0.00149. The molecule has 2 aromatic carbocycles. The van der Waals surface area contributed by atoms with Crippen LogP contribution in [0.1, 0.15) is 61.1 Å². The maximum atomic E-state index is 13.5. The Labute approximate surface area is 245 Å². The summed E-state index contributed by atoms with van der Waals surface area (Å²) < 4.78 is 37.8. The fraction of sp³-hybridized carbons (Fsp3) is 0.344. The molecule has 0 unspecified atom stereocenters. The quantitative estimate of drug-likeness (QED) is 0.317. The van der Waals surface area contributed by atoms with Crippen LogP contribution in [-0.2, 0) is 30.9 Å². The van der Waals surface area contributed by atoms with Gasteiger partial charge in [0.25, 0.3) is 0 Å². The molecule has 2 aliphatic carbocycles. The third-order valence-electron chi connectivity index (χ3n) is 7.95. The van der Waals surface area contributed by atoms with E-state index in [9.17, 15) is 27.9 Å². The molecule has 220 valence electrons. The van der Waals surface area contributed by atoms with Gasteiger partial charge in [-0.1, -0.05) is 29.8 Å². The summed E-state index contributed by atoms with van der Waals surface area (Å²) in [6.07, 6.45) is 4.62. The molecule has 0 saturated heterocycles. The highest BCUT2D eigenvalue weighted by atomic mass is 32.2. The minimum atomic E-state index is -4.22. The van der Waals surface area contributed by atoms with Gasteiger partial charge in [-0.25, -0.2) is 0 Å². The predicted octanol–water partition coefficient (Wildman–Crippen LogP) is 5.00. The predicted molar refractivity (Wildman–Crippen MR) is 155 cm³/mol. The number of ether oxygens (including phenoxy) is 1. The fourth-order valence-electron chi connectivity index (χ4n) is 6.14. The molecule has 10 heteroatoms. The molecule has 0 radical (unpaired) electrons. The van der Waals surface area contributed by atoms with E-state index in [0.717, 1.165) is 5.56 Å². The number of carbonyl (C=O) groups is 3. The maximum Gasteiger partial charge on any atom is 0.339 e. The summed E-state index contributed by atoms with van der Waals surface area (Å²) in [6.45, 7) is 5.33. The van der Waals surface area contributed by atoms with Crippen LogP contribution in [0, 0.1) is 6.92 Å². The highest BCUT2D eigenvalue weighted by molar-refractivity contribution is 7.87. The first-order chi connectivity index (χ1) is 20.1. The van der Waals surface area contributed by atoms with E-state index < -0.39 is 22.0 Å². The topological polar surface area (TPSA) is 127 Å². The van der Waals surface area contributed by atoms with Gasteiger partial charge in [0, 0.05) is 46.9 Å². The Morgan fingerprint density at radius 1 is 1.02 bits per heavy atom. The van der Waals surface area contributed by atoms with E-state index in [0.29, 0.717) is 72.2 Å². The molecule has 1 aliphatic heterocycles. The monoisotopic (exact) mass is 591 g/mol. The van der Waals surface area contributed by atoms with Gasteiger partial charge in [0.15, 0.2) is 23.1 Å². The largest absolute Gasteiger partial charge is 0.493 e. The molecule has 2 aromatic rings. The van der Waals surface area contributed by atoms with Gasteiger partial charge in [-0.2, -0.15) is 8.42 Å². The van der Waals surface area contributed by atoms with Gasteiger partial charge in [0.1, 0.15) is 11.4 Å². The third kappa shape index (κ3) is 5.38. The van der Waals surface area contributed by atoms with Crippen molar-refractivity contribution in [2.45, 2.75) is 62.7 Å². The van der Waals surface area contributed by atoms with E-state index in [1.165, 1.54) is 19.2 Å². The summed E-state index contributed by atoms with van der Waals surface area (Å²) in [5, 5.41) is 9.70. The zero-order chi connectivity index (χ0) is 30.2. The van der Waals surface area contributed by atoms with E-state index in [-0.39, 0.29) is 40.9 Å². The standard InChI is InChI=1S/C32H33NO8S/c1-4-7-20-16-21(17-27(40-3)32(20)41-42(38,39)22-14-12-19(2)13-15-22)29-30-23(8-5-10-25(30)34)33(18-28(36)37)24-9-6-11-26(35)31(24)29/h4,12-17,29H,1,5-11,18H2,2-3H3,(H,36,37). The van der Waals surface area contributed by atoms with Crippen molar-refractivity contribution in [1.82, 2.24) is 4.90 Å². The van der Waals surface area contributed by atoms with E-state index >= 15 is 0 Å². The number of carbonyl (C=O) groups excluding carboxylic acids is 2. The van der Waals surface area contributed by atoms with Crippen molar-refractivity contribution in [3.8, 4) is 11.5 Å². The number of ketones is 2. The summed E-state index contributed by atoms with van der Waals surface area (Å²) in [4.78, 5) is 40.5. The average molecular weight is 592 g/mol. The second-order valence-electron chi connectivity index (χ2n) is 10.7. The summed E-state index contributed by atoms with van der Waals surface area (Å²) in [7, 11) is -2.83. The second kappa shape index (κ2) is 11.6. The average Bonchev–Trinajstić information content (AvgIpc) is 2.94. The number of carboxylic acids is 1. The number of hydrogen-bond donors (Lipinski definition) is 1. The Balaban J connectivity index is 1.70. The number of hydrogen-bond acceptors (Lipinski definition) is 8. The van der Waals surface area contributed by atoms with Gasteiger partial charge in [-0.15, -0.1) is 6.58 Å². The first-order valence-corrected chi connectivity index (χ1v) is 15.3. The summed E-state index contributed by atoms with van der Waals surface area (Å²) in [5.74, 6) is -1.92. The number of rotatable bonds is 9. The molecule has 0 spiro atoms. The van der Waals surface area contributed by atoms with Crippen LogP contribution >= 0.6 is 0 Å². The molecule has 0 atom stereocenters. The first-order valence-electron chi connectivity index (χ1n) is 13.9. The number of aliphatic carboxylic acids is 1. The molecule has 0 amide bonds. The lowest BCUT2D eigenvalue weighted by Crippen LogP contribution is -2.41. The van der Waals surface area contributed by atoms with Crippen molar-refractivity contribution in [2.75, 3.05) is 13.7 Å². The zero-order valence-corrected chi connectivity index (χ0v) is 24.5. The molecule has 9 nitrogen and oxygen atoms in total. The van der Waals surface area contributed by atoms with Gasteiger partial charge in [0.2, 0.25) is 0 Å². The van der Waals surface area contributed by atoms with E-state index in [1.54, 1.807) is 35.2 Å². The fourth-order valence-corrected chi connectivity index (χ4v) is 7.12. The summed E-state index contributed by atoms with van der Waals surface area (Å²) in [6, 6.07) is 9.64. The first kappa shape index (κ1) is 29.3. The van der Waals surface area contributed by atoms with Crippen LogP contribution in [0.25, 0.3) is 0 Å². The minimum Gasteiger partial charge on any atom is -0.493 e. The Bertz CT molecular complexity index is 1610. The molecular formula is C32H33NO8S. The van der Waals surface area contributed by atoms with Crippen molar-refractivity contribution in [1.29, 1.82) is 0 Å². The van der Waals surface area contributed by atoms with Crippen molar-refractivity contribution >= 4 is 27.7 Å². The van der Waals surface area contributed by atoms with Gasteiger partial charge < -0.3 is 18.9 Å². The molecule has 1 heterocycles. The van der Waals surface area contributed by atoms with E-state index in [1.807, 2.05) is 6.92 Å². The summed E-state index contributed by atoms with van der Waals surface area (Å²) >= 11 is 0. The Morgan fingerprint density at radius 3 is 2.14 bits per heavy atom. The zero-order valence-electron chi connectivity index (χ0n) is 23.6. The van der Waals surface area contributed by atoms with Gasteiger partial charge in [-0.05, 0) is 62.8 Å². The van der Waals surface area contributed by atoms with Gasteiger partial charge in [-0.3, -0.25) is 14.4 Å². The number of aryl methyl sites for hydroxylation is 1. The summed E-state index contributed by atoms with van der Waals surface area (Å²) in [5.41, 5.74) is 4.04. The normalized spacial score (nSPS) is 17.6. The van der Waals surface area contributed by atoms with Crippen LogP contribution in [-0.4, -0.2) is 49.6 Å². The molecule has 1 N–H and O–H groups in total. The lowest BCUT2D eigenvalue weighted by atomic mass is 9.70. The SMILES string of the molecule is C=CCc1cc(C2C3=C(CCCC3=O)N(CC(=O)O)C3=C2C(=O)CCC3)cc(OC)c1OS(=O)(=O)c1ccc(C)cc1. The van der Waals surface area contributed by atoms with E-state index in [2.05, 4.69) is 6.58 Å². The van der Waals surface area contributed by atoms with Crippen LogP contribution < -0.4 is 8.92 Å². The number of nitrogens with zero attached hydrogens (tertiary/aromatic N) is 1. The van der Waals surface area contributed by atoms with Crippen LogP contribution in [0.4, 0.5) is 0 Å². The maximum absolute atomic E-state index is 13.5. The van der Waals surface area contributed by atoms with Crippen LogP contribution in [0.15, 0.2) is 76.5 Å². The molecule has 5 rings (SSSR count). The van der Waals surface area contributed by atoms with Crippen molar-refractivity contribution in [3.63, 3.8) is 0 Å². The van der Waals surface area contributed by atoms with E-state index in [4.69, 9.17) is 8.92 Å². The molecule has 3 aliphatic rings. The van der Waals surface area contributed by atoms with Crippen LogP contribution in [0.5, 0.6) is 11.5 Å². The third-order valence-corrected chi connectivity index (χ3v) is 9.19. The molecule has 0 bridgehead atoms. The molecule has 42 heavy (non-hydrogen) atoms. The van der Waals surface area contributed by atoms with Crippen molar-refractivity contribution < 1.29 is 36.8 Å². The molecular weight excluding hydrogens is 558 g/mol. The number of allylic oxidation sites excluding steroid dienone is 5. The van der Waals surface area contributed by atoms with Crippen molar-refractivity contribution in [3.05, 3.63) is 88.3 Å². The molecule has 0 fully saturated rings. The Hall–Kier alpha value is -4.18. The molecule has 0 aromatic heterocycles. The highest BCUT2D eigenvalue weighted by Gasteiger charge is 2.44. The number of carboxylic acid groups (broad SMARTS) is 1.